The van der Waals surface area contributed by atoms with Crippen molar-refractivity contribution in [2.24, 2.45) is 11.8 Å². The van der Waals surface area contributed by atoms with Crippen LogP contribution in [0.4, 0.5) is 0 Å². The molecule has 0 amide bonds. The van der Waals surface area contributed by atoms with Gasteiger partial charge in [-0.3, -0.25) is 4.90 Å². The molecular weight excluding hydrogens is 341 g/mol. The molecule has 158 valence electrons. The number of aliphatic carboxylic acids is 1. The average Bonchev–Trinajstić information content (AvgIpc) is 2.60. The summed E-state index contributed by atoms with van der Waals surface area (Å²) in [5, 5.41) is 11.1. The molecule has 0 aliphatic carbocycles. The average molecular weight is 386 g/mol. The summed E-state index contributed by atoms with van der Waals surface area (Å²) in [4.78, 5) is 13.2. The quantitative estimate of drug-likeness (QED) is 0.207. The van der Waals surface area contributed by atoms with Crippen LogP contribution in [0.25, 0.3) is 0 Å². The van der Waals surface area contributed by atoms with Gasteiger partial charge in [0.05, 0.1) is 5.97 Å². The van der Waals surface area contributed by atoms with Crippen LogP contribution in [0.5, 0.6) is 0 Å². The Morgan fingerprint density at radius 2 is 1.25 bits per heavy atom. The second kappa shape index (κ2) is 21.2. The Kier molecular flexibility index (Phi) is 22.5. The molecule has 3 nitrogen and oxygen atoms in total. The van der Waals surface area contributed by atoms with Gasteiger partial charge in [0.15, 0.2) is 0 Å². The topological polar surface area (TPSA) is 43.4 Å². The van der Waals surface area contributed by atoms with Crippen LogP contribution < -0.4 is 24.0 Å². The van der Waals surface area contributed by atoms with Gasteiger partial charge in [0.1, 0.15) is 0 Å². The Morgan fingerprint density at radius 1 is 0.821 bits per heavy atom. The first-order valence-electron chi connectivity index (χ1n) is 11.2. The van der Waals surface area contributed by atoms with Gasteiger partial charge in [0.25, 0.3) is 0 Å². The first-order chi connectivity index (χ1) is 13.0. The molecular formula is C24H44LiNO2. The second-order valence-corrected chi connectivity index (χ2v) is 8.10. The first kappa shape index (κ1) is 29.7. The molecule has 0 fully saturated rings. The number of carboxylic acids is 1. The van der Waals surface area contributed by atoms with Gasteiger partial charge in [-0.2, -0.15) is 0 Å². The van der Waals surface area contributed by atoms with Gasteiger partial charge in [-0.25, -0.2) is 0 Å². The van der Waals surface area contributed by atoms with E-state index in [4.69, 9.17) is 0 Å². The summed E-state index contributed by atoms with van der Waals surface area (Å²) in [6, 6.07) is 0. The van der Waals surface area contributed by atoms with Crippen LogP contribution in [-0.4, -0.2) is 30.5 Å². The first-order valence-corrected chi connectivity index (χ1v) is 11.2. The Balaban J connectivity index is 0. The number of allylic oxidation sites excluding steroid dienone is 4. The van der Waals surface area contributed by atoms with E-state index >= 15 is 0 Å². The van der Waals surface area contributed by atoms with Crippen molar-refractivity contribution in [1.29, 1.82) is 0 Å². The van der Waals surface area contributed by atoms with Crippen LogP contribution in [0.2, 0.25) is 0 Å². The zero-order valence-corrected chi connectivity index (χ0v) is 19.4. The van der Waals surface area contributed by atoms with Gasteiger partial charge >= 0.3 is 18.9 Å². The van der Waals surface area contributed by atoms with Crippen LogP contribution in [0, 0.1) is 11.8 Å². The molecule has 0 saturated carbocycles. The monoisotopic (exact) mass is 385 g/mol. The third kappa shape index (κ3) is 20.2. The van der Waals surface area contributed by atoms with Crippen LogP contribution >= 0.6 is 0 Å². The van der Waals surface area contributed by atoms with Crippen molar-refractivity contribution in [2.75, 3.05) is 19.6 Å². The third-order valence-electron chi connectivity index (χ3n) is 4.93. The van der Waals surface area contributed by atoms with Gasteiger partial charge < -0.3 is 9.90 Å². The fourth-order valence-electron chi connectivity index (χ4n) is 3.53. The summed E-state index contributed by atoms with van der Waals surface area (Å²) in [5.41, 5.74) is 0. The maximum atomic E-state index is 11.1. The molecule has 0 saturated heterocycles. The number of rotatable bonds is 18. The van der Waals surface area contributed by atoms with Gasteiger partial charge in [-0.05, 0) is 63.2 Å². The van der Waals surface area contributed by atoms with Crippen molar-refractivity contribution in [2.45, 2.75) is 91.9 Å². The molecule has 0 heterocycles. The molecule has 0 aromatic heterocycles. The fourth-order valence-corrected chi connectivity index (χ4v) is 3.53. The summed E-state index contributed by atoms with van der Waals surface area (Å²) < 4.78 is 0. The number of hydrogen-bond donors (Lipinski definition) is 0. The molecule has 0 bridgehead atoms. The van der Waals surface area contributed by atoms with Gasteiger partial charge in [0, 0.05) is 19.6 Å². The van der Waals surface area contributed by atoms with Gasteiger partial charge in [0.2, 0.25) is 0 Å². The molecule has 0 N–H and O–H groups in total. The van der Waals surface area contributed by atoms with E-state index in [-0.39, 0.29) is 25.4 Å². The summed E-state index contributed by atoms with van der Waals surface area (Å²) in [6.45, 7) is 10.6. The van der Waals surface area contributed by atoms with Crippen molar-refractivity contribution >= 4 is 5.97 Å². The van der Waals surface area contributed by atoms with E-state index in [1.54, 1.807) is 0 Å². The molecule has 0 radical (unpaired) electrons. The molecule has 0 aliphatic heterocycles. The van der Waals surface area contributed by atoms with E-state index in [1.807, 2.05) is 0 Å². The van der Waals surface area contributed by atoms with Crippen molar-refractivity contribution in [3.05, 3.63) is 24.3 Å². The Hall–Kier alpha value is -0.493. The van der Waals surface area contributed by atoms with Gasteiger partial charge in [-0.15, -0.1) is 0 Å². The Labute approximate surface area is 187 Å². The maximum absolute atomic E-state index is 11.1. The Bertz CT molecular complexity index is 379. The second-order valence-electron chi connectivity index (χ2n) is 8.10. The van der Waals surface area contributed by atoms with Crippen LogP contribution in [0.15, 0.2) is 24.3 Å². The van der Waals surface area contributed by atoms with E-state index < -0.39 is 5.97 Å². The van der Waals surface area contributed by atoms with E-state index in [0.717, 1.165) is 38.8 Å². The summed E-state index contributed by atoms with van der Waals surface area (Å²) >= 11 is 0. The zero-order valence-electron chi connectivity index (χ0n) is 19.4. The minimum Gasteiger partial charge on any atom is -0.549 e. The van der Waals surface area contributed by atoms with E-state index in [0.29, 0.717) is 11.8 Å². The van der Waals surface area contributed by atoms with Crippen LogP contribution in [-0.2, 0) is 4.79 Å². The zero-order chi connectivity index (χ0) is 20.3. The number of carboxylic acid groups (broad SMARTS) is 1. The molecule has 0 aliphatic rings. The summed E-state index contributed by atoms with van der Waals surface area (Å²) in [7, 11) is 0. The molecule has 0 spiro atoms. The molecule has 2 atom stereocenters. The van der Waals surface area contributed by atoms with Crippen LogP contribution in [0.3, 0.4) is 0 Å². The standard InChI is InChI=1S/C24H45NO2.Li/c1-5-7-9-11-13-15-17-22(3)19-25(21-24(26)27)20-23(4)18-16-14-12-10-8-6-2;/h7-10,22-23H,5-6,11-21H2,1-4H3,(H,26,27);/q;+1/p-1/b9-7+,10-8+;. The smallest absolute Gasteiger partial charge is 0.549 e. The minimum atomic E-state index is -0.955. The van der Waals surface area contributed by atoms with Crippen molar-refractivity contribution < 1.29 is 28.8 Å². The Morgan fingerprint density at radius 3 is 1.61 bits per heavy atom. The van der Waals surface area contributed by atoms with Crippen molar-refractivity contribution in [3.8, 4) is 0 Å². The predicted octanol–water partition coefficient (Wildman–Crippen LogP) is 2.37. The predicted molar refractivity (Wildman–Crippen MR) is 116 cm³/mol. The SMILES string of the molecule is CC/C=C/CCCCC(C)CN(CC(=O)[O-])CC(C)CCCC/C=C/CC.[Li+]. The normalized spacial score (nSPS) is 13.9. The minimum absolute atomic E-state index is 0. The maximum Gasteiger partial charge on any atom is 1.00 e. The molecule has 0 aromatic rings. The van der Waals surface area contributed by atoms with Gasteiger partial charge in [-0.1, -0.05) is 64.8 Å². The van der Waals surface area contributed by atoms with Crippen molar-refractivity contribution in [3.63, 3.8) is 0 Å². The van der Waals surface area contributed by atoms with E-state index in [2.05, 4.69) is 56.9 Å². The molecule has 4 heteroatoms. The van der Waals surface area contributed by atoms with E-state index in [9.17, 15) is 9.90 Å². The number of carbonyl (C=O) groups excluding carboxylic acids is 1. The largest absolute Gasteiger partial charge is 1.00 e. The molecule has 2 unspecified atom stereocenters. The van der Waals surface area contributed by atoms with E-state index in [1.165, 1.54) is 38.5 Å². The number of unbranched alkanes of at least 4 members (excludes halogenated alkanes) is 4. The fraction of sp³-hybridized carbons (Fsp3) is 0.792. The molecule has 0 aromatic carbocycles. The third-order valence-corrected chi connectivity index (χ3v) is 4.93. The van der Waals surface area contributed by atoms with Crippen molar-refractivity contribution in [1.82, 2.24) is 4.90 Å². The van der Waals surface area contributed by atoms with Crippen LogP contribution in [0.1, 0.15) is 91.9 Å². The number of hydrogen-bond acceptors (Lipinski definition) is 3. The molecule has 28 heavy (non-hydrogen) atoms. The number of nitrogens with zero attached hydrogens (tertiary/aromatic N) is 1. The number of carbonyl (C=O) groups is 1. The molecule has 0 rings (SSSR count). The summed E-state index contributed by atoms with van der Waals surface area (Å²) in [6.07, 6.45) is 20.8. The summed E-state index contributed by atoms with van der Waals surface area (Å²) in [5.74, 6) is 0.112.